The van der Waals surface area contributed by atoms with Crippen LogP contribution in [0.1, 0.15) is 69.0 Å². The van der Waals surface area contributed by atoms with Crippen LogP contribution in [0, 0.1) is 5.92 Å². The molecule has 1 aromatic heterocycles. The second kappa shape index (κ2) is 7.22. The van der Waals surface area contributed by atoms with Crippen molar-refractivity contribution in [2.75, 3.05) is 6.61 Å². The first-order chi connectivity index (χ1) is 10.8. The van der Waals surface area contributed by atoms with Gasteiger partial charge in [0.25, 0.3) is 0 Å². The van der Waals surface area contributed by atoms with Crippen molar-refractivity contribution in [1.29, 1.82) is 0 Å². The van der Waals surface area contributed by atoms with Gasteiger partial charge in [0.2, 0.25) is 11.8 Å². The molecule has 2 fully saturated rings. The fraction of sp³-hybridized carbons (Fsp3) is 0.812. The van der Waals surface area contributed by atoms with Crippen molar-refractivity contribution < 1.29 is 14.4 Å². The van der Waals surface area contributed by atoms with Crippen molar-refractivity contribution in [3.8, 4) is 0 Å². The molecule has 22 heavy (non-hydrogen) atoms. The van der Waals surface area contributed by atoms with Crippen molar-refractivity contribution in [2.24, 2.45) is 5.92 Å². The minimum absolute atomic E-state index is 0.00552. The Labute approximate surface area is 130 Å². The van der Waals surface area contributed by atoms with Crippen LogP contribution < -0.4 is 5.32 Å². The van der Waals surface area contributed by atoms with Crippen LogP contribution in [0.3, 0.4) is 0 Å². The monoisotopic (exact) mass is 307 g/mol. The fourth-order valence-corrected chi connectivity index (χ4v) is 3.28. The zero-order valence-corrected chi connectivity index (χ0v) is 13.0. The van der Waals surface area contributed by atoms with E-state index in [1.54, 1.807) is 0 Å². The van der Waals surface area contributed by atoms with Gasteiger partial charge in [0.05, 0.1) is 0 Å². The molecular weight excluding hydrogens is 282 g/mol. The van der Waals surface area contributed by atoms with Crippen LogP contribution in [-0.4, -0.2) is 33.8 Å². The van der Waals surface area contributed by atoms with Crippen molar-refractivity contribution in [2.45, 2.75) is 69.7 Å². The molecular formula is C16H25N3O3. The second-order valence-corrected chi connectivity index (χ2v) is 6.55. The van der Waals surface area contributed by atoms with Crippen molar-refractivity contribution in [3.63, 3.8) is 0 Å². The lowest BCUT2D eigenvalue weighted by Crippen LogP contribution is -2.37. The summed E-state index contributed by atoms with van der Waals surface area (Å²) in [5, 5.41) is 16.1. The molecule has 0 radical (unpaired) electrons. The number of aromatic nitrogens is 2. The topological polar surface area (TPSA) is 88.2 Å². The quantitative estimate of drug-likeness (QED) is 0.766. The van der Waals surface area contributed by atoms with E-state index in [1.165, 1.54) is 12.8 Å². The smallest absolute Gasteiger partial charge is 0.227 e. The summed E-state index contributed by atoms with van der Waals surface area (Å²) >= 11 is 0. The third-order valence-corrected chi connectivity index (χ3v) is 4.75. The van der Waals surface area contributed by atoms with Crippen molar-refractivity contribution in [1.82, 2.24) is 15.5 Å². The third kappa shape index (κ3) is 4.06. The first kappa shape index (κ1) is 15.5. The van der Waals surface area contributed by atoms with E-state index in [2.05, 4.69) is 15.5 Å². The molecule has 0 bridgehead atoms. The Bertz CT molecular complexity index is 493. The third-order valence-electron chi connectivity index (χ3n) is 4.75. The number of nitrogens with one attached hydrogen (secondary N) is 1. The molecule has 2 aliphatic carbocycles. The number of aryl methyl sites for hydroxylation is 1. The van der Waals surface area contributed by atoms with Gasteiger partial charge in [-0.1, -0.05) is 18.0 Å². The lowest BCUT2D eigenvalue weighted by molar-refractivity contribution is -0.122. The van der Waals surface area contributed by atoms with E-state index in [0.29, 0.717) is 37.0 Å². The molecule has 1 aromatic rings. The maximum absolute atomic E-state index is 12.0. The highest BCUT2D eigenvalue weighted by molar-refractivity contribution is 5.76. The van der Waals surface area contributed by atoms with Gasteiger partial charge < -0.3 is 14.9 Å². The second-order valence-electron chi connectivity index (χ2n) is 6.55. The van der Waals surface area contributed by atoms with E-state index >= 15 is 0 Å². The number of carbonyl (C=O) groups excluding carboxylic acids is 1. The zero-order chi connectivity index (χ0) is 15.4. The molecule has 1 unspecified atom stereocenters. The molecule has 0 spiro atoms. The minimum atomic E-state index is 0.00552. The molecule has 2 N–H and O–H groups in total. The maximum Gasteiger partial charge on any atom is 0.227 e. The predicted octanol–water partition coefficient (Wildman–Crippen LogP) is 1.94. The summed E-state index contributed by atoms with van der Waals surface area (Å²) in [6, 6.07) is 0.120. The Kier molecular flexibility index (Phi) is 5.08. The Morgan fingerprint density at radius 1 is 1.32 bits per heavy atom. The summed E-state index contributed by atoms with van der Waals surface area (Å²) in [5.41, 5.74) is 0. The lowest BCUT2D eigenvalue weighted by Gasteiger charge is -2.16. The molecule has 1 atom stereocenters. The van der Waals surface area contributed by atoms with Gasteiger partial charge in [-0.15, -0.1) is 0 Å². The Morgan fingerprint density at radius 2 is 2.09 bits per heavy atom. The Morgan fingerprint density at radius 3 is 2.77 bits per heavy atom. The van der Waals surface area contributed by atoms with Gasteiger partial charge in [-0.05, 0) is 38.0 Å². The summed E-state index contributed by atoms with van der Waals surface area (Å²) in [6.45, 7) is 0.121. The molecule has 6 nitrogen and oxygen atoms in total. The lowest BCUT2D eigenvalue weighted by atomic mass is 10.1. The molecule has 2 saturated carbocycles. The van der Waals surface area contributed by atoms with Gasteiger partial charge in [0.15, 0.2) is 5.82 Å². The summed E-state index contributed by atoms with van der Waals surface area (Å²) < 4.78 is 5.26. The highest BCUT2D eigenvalue weighted by Crippen LogP contribution is 2.34. The average molecular weight is 307 g/mol. The number of hydrogen-bond acceptors (Lipinski definition) is 5. The normalized spacial score (nSPS) is 20.2. The molecule has 3 rings (SSSR count). The van der Waals surface area contributed by atoms with Gasteiger partial charge in [-0.2, -0.15) is 4.98 Å². The highest BCUT2D eigenvalue weighted by atomic mass is 16.5. The van der Waals surface area contributed by atoms with E-state index in [0.717, 1.165) is 31.5 Å². The molecule has 0 aromatic carbocycles. The van der Waals surface area contributed by atoms with Crippen LogP contribution in [0.25, 0.3) is 0 Å². The van der Waals surface area contributed by atoms with Gasteiger partial charge in [0.1, 0.15) is 0 Å². The molecule has 2 aliphatic rings. The van der Waals surface area contributed by atoms with Crippen molar-refractivity contribution in [3.05, 3.63) is 11.7 Å². The van der Waals surface area contributed by atoms with Crippen LogP contribution in [0.15, 0.2) is 4.52 Å². The first-order valence-electron chi connectivity index (χ1n) is 8.49. The molecule has 6 heteroatoms. The summed E-state index contributed by atoms with van der Waals surface area (Å²) in [6.07, 6.45) is 8.56. The maximum atomic E-state index is 12.0. The van der Waals surface area contributed by atoms with E-state index in [4.69, 9.17) is 9.63 Å². The van der Waals surface area contributed by atoms with Crippen molar-refractivity contribution >= 4 is 5.91 Å². The number of aliphatic hydroxyl groups is 1. The van der Waals surface area contributed by atoms with E-state index < -0.39 is 0 Å². The summed E-state index contributed by atoms with van der Waals surface area (Å²) in [7, 11) is 0. The number of amides is 1. The molecule has 0 saturated heterocycles. The van der Waals surface area contributed by atoms with Gasteiger partial charge in [0, 0.05) is 31.4 Å². The molecule has 0 aliphatic heterocycles. The average Bonchev–Trinajstić information content (AvgIpc) is 3.02. The van der Waals surface area contributed by atoms with Crippen LogP contribution in [-0.2, 0) is 11.2 Å². The zero-order valence-electron chi connectivity index (χ0n) is 13.0. The molecule has 122 valence electrons. The summed E-state index contributed by atoms with van der Waals surface area (Å²) in [5.74, 6) is 2.36. The number of rotatable bonds is 8. The SMILES string of the molecule is O=C(CCc1nc(C2CCCC2)no1)NC(CCO)C1CC1. The number of carbonyl (C=O) groups is 1. The summed E-state index contributed by atoms with van der Waals surface area (Å²) in [4.78, 5) is 16.4. The minimum Gasteiger partial charge on any atom is -0.396 e. The Hall–Kier alpha value is -1.43. The van der Waals surface area contributed by atoms with E-state index in [-0.39, 0.29) is 18.6 Å². The van der Waals surface area contributed by atoms with E-state index in [1.807, 2.05) is 0 Å². The van der Waals surface area contributed by atoms with Crippen LogP contribution >= 0.6 is 0 Å². The number of nitrogens with zero attached hydrogens (tertiary/aromatic N) is 2. The highest BCUT2D eigenvalue weighted by Gasteiger charge is 2.31. The molecule has 1 amide bonds. The van der Waals surface area contributed by atoms with Gasteiger partial charge >= 0.3 is 0 Å². The van der Waals surface area contributed by atoms with Crippen LogP contribution in [0.4, 0.5) is 0 Å². The van der Waals surface area contributed by atoms with Crippen LogP contribution in [0.5, 0.6) is 0 Å². The number of aliphatic hydroxyl groups excluding tert-OH is 1. The predicted molar refractivity (Wildman–Crippen MR) is 80.2 cm³/mol. The number of hydrogen-bond donors (Lipinski definition) is 2. The van der Waals surface area contributed by atoms with Gasteiger partial charge in [-0.3, -0.25) is 4.79 Å². The van der Waals surface area contributed by atoms with Crippen LogP contribution in [0.2, 0.25) is 0 Å². The van der Waals surface area contributed by atoms with E-state index in [9.17, 15) is 4.79 Å². The molecule has 1 heterocycles. The largest absolute Gasteiger partial charge is 0.396 e. The Balaban J connectivity index is 1.44. The first-order valence-corrected chi connectivity index (χ1v) is 8.49. The van der Waals surface area contributed by atoms with Gasteiger partial charge in [-0.25, -0.2) is 0 Å². The standard InChI is InChI=1S/C16H25N3O3/c20-10-9-13(11-5-6-11)17-14(21)7-8-15-18-16(19-22-15)12-3-1-2-4-12/h11-13,20H,1-10H2,(H,17,21). The fourth-order valence-electron chi connectivity index (χ4n) is 3.28.